The number of nitrogens with zero attached hydrogens (tertiary/aromatic N) is 2. The smallest absolute Gasteiger partial charge is 0.270 e. The lowest BCUT2D eigenvalue weighted by atomic mass is 10.00. The number of amides is 1. The largest absolute Gasteiger partial charge is 0.340 e. The molecule has 0 spiro atoms. The Labute approximate surface area is 140 Å². The maximum atomic E-state index is 13.0. The van der Waals surface area contributed by atoms with Crippen molar-refractivity contribution in [2.45, 2.75) is 13.0 Å². The standard InChI is InChI=1S/C19H17ClN2O/c1-21-17-11-16(20)7-6-14(17)10-18(21)19(23)22-9-8-13-4-2-3-5-15(13)12-22/h2-7,10-11H,8-9,12H2,1H3. The second-order valence-electron chi connectivity index (χ2n) is 6.04. The summed E-state index contributed by atoms with van der Waals surface area (Å²) in [6.07, 6.45) is 0.914. The number of aromatic nitrogens is 1. The van der Waals surface area contributed by atoms with Gasteiger partial charge < -0.3 is 9.47 Å². The van der Waals surface area contributed by atoms with Crippen molar-refractivity contribution in [2.24, 2.45) is 7.05 Å². The van der Waals surface area contributed by atoms with Crippen molar-refractivity contribution in [2.75, 3.05) is 6.54 Å². The van der Waals surface area contributed by atoms with Crippen LogP contribution in [0.4, 0.5) is 0 Å². The van der Waals surface area contributed by atoms with Gasteiger partial charge in [0.2, 0.25) is 0 Å². The molecule has 116 valence electrons. The molecule has 0 saturated carbocycles. The van der Waals surface area contributed by atoms with Gasteiger partial charge >= 0.3 is 0 Å². The third kappa shape index (κ3) is 2.41. The number of fused-ring (bicyclic) bond motifs is 2. The molecule has 2 heterocycles. The number of aryl methyl sites for hydroxylation is 1. The van der Waals surface area contributed by atoms with Gasteiger partial charge in [0.05, 0.1) is 0 Å². The Hall–Kier alpha value is -2.26. The van der Waals surface area contributed by atoms with Crippen LogP contribution in [0, 0.1) is 0 Å². The minimum Gasteiger partial charge on any atom is -0.340 e. The van der Waals surface area contributed by atoms with E-state index in [1.807, 2.05) is 46.8 Å². The first kappa shape index (κ1) is 14.3. The topological polar surface area (TPSA) is 25.2 Å². The molecule has 1 aliphatic heterocycles. The van der Waals surface area contributed by atoms with Crippen LogP contribution in [0.3, 0.4) is 0 Å². The van der Waals surface area contributed by atoms with Crippen LogP contribution in [0.15, 0.2) is 48.5 Å². The van der Waals surface area contributed by atoms with E-state index >= 15 is 0 Å². The maximum absolute atomic E-state index is 13.0. The Morgan fingerprint density at radius 3 is 2.70 bits per heavy atom. The van der Waals surface area contributed by atoms with Crippen LogP contribution in [0.2, 0.25) is 5.02 Å². The summed E-state index contributed by atoms with van der Waals surface area (Å²) >= 11 is 6.08. The molecule has 23 heavy (non-hydrogen) atoms. The molecular weight excluding hydrogens is 308 g/mol. The van der Waals surface area contributed by atoms with Gasteiger partial charge in [-0.1, -0.05) is 41.9 Å². The number of benzene rings is 2. The number of halogens is 1. The molecule has 0 N–H and O–H groups in total. The van der Waals surface area contributed by atoms with E-state index in [2.05, 4.69) is 18.2 Å². The molecule has 1 amide bonds. The van der Waals surface area contributed by atoms with E-state index in [1.165, 1.54) is 11.1 Å². The Balaban J connectivity index is 1.69. The lowest BCUT2D eigenvalue weighted by Crippen LogP contribution is -2.36. The zero-order valence-electron chi connectivity index (χ0n) is 12.9. The van der Waals surface area contributed by atoms with E-state index in [1.54, 1.807) is 0 Å². The minimum atomic E-state index is 0.0781. The Morgan fingerprint density at radius 2 is 1.87 bits per heavy atom. The van der Waals surface area contributed by atoms with Gasteiger partial charge in [0.15, 0.2) is 0 Å². The summed E-state index contributed by atoms with van der Waals surface area (Å²) in [6.45, 7) is 1.44. The van der Waals surface area contributed by atoms with Crippen molar-refractivity contribution >= 4 is 28.4 Å². The highest BCUT2D eigenvalue weighted by atomic mass is 35.5. The van der Waals surface area contributed by atoms with E-state index < -0.39 is 0 Å². The van der Waals surface area contributed by atoms with Crippen molar-refractivity contribution in [1.82, 2.24) is 9.47 Å². The van der Waals surface area contributed by atoms with Gasteiger partial charge in [-0.25, -0.2) is 0 Å². The summed E-state index contributed by atoms with van der Waals surface area (Å²) in [6, 6.07) is 16.0. The zero-order chi connectivity index (χ0) is 16.0. The maximum Gasteiger partial charge on any atom is 0.270 e. The molecule has 4 heteroatoms. The molecule has 0 saturated heterocycles. The molecule has 1 aromatic heterocycles. The Morgan fingerprint density at radius 1 is 1.09 bits per heavy atom. The van der Waals surface area contributed by atoms with Gasteiger partial charge in [-0.2, -0.15) is 0 Å². The van der Waals surface area contributed by atoms with Crippen LogP contribution >= 0.6 is 11.6 Å². The minimum absolute atomic E-state index is 0.0781. The van der Waals surface area contributed by atoms with E-state index in [4.69, 9.17) is 11.6 Å². The number of hydrogen-bond acceptors (Lipinski definition) is 1. The predicted molar refractivity (Wildman–Crippen MR) is 92.8 cm³/mol. The summed E-state index contributed by atoms with van der Waals surface area (Å²) in [5.74, 6) is 0.0781. The van der Waals surface area contributed by atoms with Crippen molar-refractivity contribution < 1.29 is 4.79 Å². The van der Waals surface area contributed by atoms with Crippen LogP contribution in [0.1, 0.15) is 21.6 Å². The lowest BCUT2D eigenvalue weighted by molar-refractivity contribution is 0.0725. The molecule has 2 aromatic carbocycles. The summed E-state index contributed by atoms with van der Waals surface area (Å²) in [5, 5.41) is 1.72. The molecular formula is C19H17ClN2O. The average molecular weight is 325 g/mol. The first-order chi connectivity index (χ1) is 11.1. The number of hydrogen-bond donors (Lipinski definition) is 0. The van der Waals surface area contributed by atoms with E-state index in [9.17, 15) is 4.79 Å². The van der Waals surface area contributed by atoms with Gasteiger partial charge in [-0.05, 0) is 35.7 Å². The number of carbonyl (C=O) groups excluding carboxylic acids is 1. The number of rotatable bonds is 1. The van der Waals surface area contributed by atoms with Crippen molar-refractivity contribution in [1.29, 1.82) is 0 Å². The van der Waals surface area contributed by atoms with E-state index in [-0.39, 0.29) is 5.91 Å². The van der Waals surface area contributed by atoms with Crippen molar-refractivity contribution in [3.63, 3.8) is 0 Å². The Kier molecular flexibility index (Phi) is 3.38. The SMILES string of the molecule is Cn1c(C(=O)N2CCc3ccccc3C2)cc2ccc(Cl)cc21. The fourth-order valence-corrected chi connectivity index (χ4v) is 3.51. The van der Waals surface area contributed by atoms with Crippen LogP contribution in [-0.4, -0.2) is 21.9 Å². The highest BCUT2D eigenvalue weighted by Crippen LogP contribution is 2.25. The van der Waals surface area contributed by atoms with Crippen LogP contribution < -0.4 is 0 Å². The van der Waals surface area contributed by atoms with Gasteiger partial charge in [-0.3, -0.25) is 4.79 Å². The monoisotopic (exact) mass is 324 g/mol. The van der Waals surface area contributed by atoms with Gasteiger partial charge in [0.1, 0.15) is 5.69 Å². The highest BCUT2D eigenvalue weighted by Gasteiger charge is 2.24. The quantitative estimate of drug-likeness (QED) is 0.663. The molecule has 3 nitrogen and oxygen atoms in total. The first-order valence-electron chi connectivity index (χ1n) is 7.74. The van der Waals surface area contributed by atoms with Gasteiger partial charge in [0, 0.05) is 36.1 Å². The molecule has 0 radical (unpaired) electrons. The molecule has 0 atom stereocenters. The molecule has 0 unspecified atom stereocenters. The molecule has 0 aliphatic carbocycles. The molecule has 0 fully saturated rings. The second kappa shape index (κ2) is 5.43. The summed E-state index contributed by atoms with van der Waals surface area (Å²) < 4.78 is 1.93. The lowest BCUT2D eigenvalue weighted by Gasteiger charge is -2.29. The third-order valence-electron chi connectivity index (χ3n) is 4.64. The van der Waals surface area contributed by atoms with E-state index in [0.717, 1.165) is 23.9 Å². The summed E-state index contributed by atoms with van der Waals surface area (Å²) in [5.41, 5.74) is 4.29. The first-order valence-corrected chi connectivity index (χ1v) is 8.12. The highest BCUT2D eigenvalue weighted by molar-refractivity contribution is 6.31. The normalized spacial score (nSPS) is 14.1. The van der Waals surface area contributed by atoms with Gasteiger partial charge in [0.25, 0.3) is 5.91 Å². The molecule has 4 rings (SSSR count). The van der Waals surface area contributed by atoms with Gasteiger partial charge in [-0.15, -0.1) is 0 Å². The summed E-state index contributed by atoms with van der Waals surface area (Å²) in [7, 11) is 1.92. The fraction of sp³-hybridized carbons (Fsp3) is 0.211. The van der Waals surface area contributed by atoms with Crippen LogP contribution in [-0.2, 0) is 20.0 Å². The molecule has 1 aliphatic rings. The fourth-order valence-electron chi connectivity index (χ4n) is 3.34. The second-order valence-corrected chi connectivity index (χ2v) is 6.47. The molecule has 0 bridgehead atoms. The average Bonchev–Trinajstić information content (AvgIpc) is 2.90. The van der Waals surface area contributed by atoms with Crippen molar-refractivity contribution in [3.8, 4) is 0 Å². The van der Waals surface area contributed by atoms with Crippen LogP contribution in [0.5, 0.6) is 0 Å². The van der Waals surface area contributed by atoms with Crippen molar-refractivity contribution in [3.05, 3.63) is 70.4 Å². The Bertz CT molecular complexity index is 913. The third-order valence-corrected chi connectivity index (χ3v) is 4.88. The predicted octanol–water partition coefficient (Wildman–Crippen LogP) is 4.03. The number of carbonyl (C=O) groups is 1. The zero-order valence-corrected chi connectivity index (χ0v) is 13.7. The van der Waals surface area contributed by atoms with Crippen LogP contribution in [0.25, 0.3) is 10.9 Å². The molecule has 3 aromatic rings. The summed E-state index contributed by atoms with van der Waals surface area (Å²) in [4.78, 5) is 14.9. The van der Waals surface area contributed by atoms with E-state index in [0.29, 0.717) is 17.3 Å².